The Morgan fingerprint density at radius 1 is 1.38 bits per heavy atom. The quantitative estimate of drug-likeness (QED) is 0.581. The second kappa shape index (κ2) is 5.41. The van der Waals surface area contributed by atoms with Crippen LogP contribution in [0, 0.1) is 15.9 Å². The van der Waals surface area contributed by atoms with Crippen LogP contribution in [0.25, 0.3) is 0 Å². The number of halogens is 1. The Labute approximate surface area is 117 Å². The van der Waals surface area contributed by atoms with Crippen molar-refractivity contribution in [3.8, 4) is 0 Å². The van der Waals surface area contributed by atoms with Gasteiger partial charge in [0.05, 0.1) is 10.5 Å². The average Bonchev–Trinajstić information content (AvgIpc) is 2.37. The van der Waals surface area contributed by atoms with Gasteiger partial charge in [0.25, 0.3) is 0 Å². The molecule has 0 aliphatic rings. The van der Waals surface area contributed by atoms with E-state index in [0.717, 1.165) is 18.2 Å². The predicted molar refractivity (Wildman–Crippen MR) is 71.9 cm³/mol. The van der Waals surface area contributed by atoms with Crippen LogP contribution in [0.2, 0.25) is 0 Å². The molecule has 0 bridgehead atoms. The molecule has 0 radical (unpaired) electrons. The summed E-state index contributed by atoms with van der Waals surface area (Å²) in [5.74, 6) is -2.41. The van der Waals surface area contributed by atoms with Gasteiger partial charge in [0.2, 0.25) is 5.82 Å². The molecule has 0 atom stereocenters. The van der Waals surface area contributed by atoms with E-state index in [-0.39, 0.29) is 23.0 Å². The van der Waals surface area contributed by atoms with E-state index >= 15 is 0 Å². The van der Waals surface area contributed by atoms with Crippen LogP contribution in [0.4, 0.5) is 27.4 Å². The molecule has 0 spiro atoms. The Morgan fingerprint density at radius 2 is 2.10 bits per heavy atom. The van der Waals surface area contributed by atoms with E-state index in [1.807, 2.05) is 0 Å². The van der Waals surface area contributed by atoms with Crippen LogP contribution in [0.5, 0.6) is 0 Å². The number of nitro groups is 1. The fourth-order valence-electron chi connectivity index (χ4n) is 1.61. The number of benzene rings is 1. The van der Waals surface area contributed by atoms with Gasteiger partial charge in [-0.25, -0.2) is 14.2 Å². The predicted octanol–water partition coefficient (Wildman–Crippen LogP) is 2.15. The van der Waals surface area contributed by atoms with Crippen LogP contribution in [0.15, 0.2) is 30.3 Å². The number of carboxylic acids is 1. The summed E-state index contributed by atoms with van der Waals surface area (Å²) < 4.78 is 13.5. The summed E-state index contributed by atoms with van der Waals surface area (Å²) in [4.78, 5) is 24.4. The highest BCUT2D eigenvalue weighted by molar-refractivity contribution is 5.88. The molecule has 1 heterocycles. The number of nitrogens with two attached hydrogens (primary N) is 1. The molecule has 21 heavy (non-hydrogen) atoms. The van der Waals surface area contributed by atoms with Gasteiger partial charge >= 0.3 is 11.7 Å². The van der Waals surface area contributed by atoms with Crippen molar-refractivity contribution in [3.63, 3.8) is 0 Å². The Hall–Kier alpha value is -3.23. The maximum atomic E-state index is 13.5. The third kappa shape index (κ3) is 3.03. The standard InChI is InChI=1S/C12H9FN4O4/c13-8-5-6(1-2-7(8)12(18)19)15-10-4-3-9(17(20)21)11(14)16-10/h1-5H,(H,18,19)(H3,14,15,16). The largest absolute Gasteiger partial charge is 0.478 e. The molecular formula is C12H9FN4O4. The molecule has 0 amide bonds. The van der Waals surface area contributed by atoms with Gasteiger partial charge in [-0.05, 0) is 24.3 Å². The Bertz CT molecular complexity index is 674. The van der Waals surface area contributed by atoms with Crippen molar-refractivity contribution in [2.24, 2.45) is 0 Å². The SMILES string of the molecule is Nc1nc(Nc2ccc(C(=O)O)c(F)c2)ccc1[N+](=O)[O-]. The Balaban J connectivity index is 2.26. The monoisotopic (exact) mass is 292 g/mol. The van der Waals surface area contributed by atoms with Gasteiger partial charge in [-0.1, -0.05) is 0 Å². The summed E-state index contributed by atoms with van der Waals surface area (Å²) in [7, 11) is 0. The van der Waals surface area contributed by atoms with E-state index in [0.29, 0.717) is 0 Å². The van der Waals surface area contributed by atoms with Crippen LogP contribution in [0.3, 0.4) is 0 Å². The van der Waals surface area contributed by atoms with Crippen molar-refractivity contribution in [1.29, 1.82) is 0 Å². The van der Waals surface area contributed by atoms with Crippen molar-refractivity contribution in [2.75, 3.05) is 11.1 Å². The minimum Gasteiger partial charge on any atom is -0.478 e. The van der Waals surface area contributed by atoms with Crippen molar-refractivity contribution in [1.82, 2.24) is 4.98 Å². The van der Waals surface area contributed by atoms with Crippen LogP contribution in [-0.4, -0.2) is 21.0 Å². The fraction of sp³-hybridized carbons (Fsp3) is 0. The second-order valence-corrected chi connectivity index (χ2v) is 3.98. The zero-order valence-corrected chi connectivity index (χ0v) is 10.4. The molecule has 4 N–H and O–H groups in total. The molecule has 9 heteroatoms. The summed E-state index contributed by atoms with van der Waals surface area (Å²) in [5.41, 5.74) is 4.86. The minimum atomic E-state index is -1.38. The number of rotatable bonds is 4. The topological polar surface area (TPSA) is 131 Å². The molecule has 8 nitrogen and oxygen atoms in total. The molecule has 108 valence electrons. The zero-order valence-electron chi connectivity index (χ0n) is 10.4. The molecule has 0 aliphatic heterocycles. The number of hydrogen-bond acceptors (Lipinski definition) is 6. The van der Waals surface area contributed by atoms with Crippen LogP contribution in [-0.2, 0) is 0 Å². The summed E-state index contributed by atoms with van der Waals surface area (Å²) >= 11 is 0. The number of nitrogens with one attached hydrogen (secondary N) is 1. The second-order valence-electron chi connectivity index (χ2n) is 3.98. The van der Waals surface area contributed by atoms with Crippen molar-refractivity contribution in [2.45, 2.75) is 0 Å². The third-order valence-corrected chi connectivity index (χ3v) is 2.57. The number of carbonyl (C=O) groups is 1. The first kappa shape index (κ1) is 14.2. The van der Waals surface area contributed by atoms with Crippen LogP contribution >= 0.6 is 0 Å². The lowest BCUT2D eigenvalue weighted by atomic mass is 10.2. The Morgan fingerprint density at radius 3 is 2.62 bits per heavy atom. The highest BCUT2D eigenvalue weighted by Crippen LogP contribution is 2.23. The van der Waals surface area contributed by atoms with Crippen molar-refractivity contribution < 1.29 is 19.2 Å². The number of pyridine rings is 1. The number of nitrogens with zero attached hydrogens (tertiary/aromatic N) is 2. The lowest BCUT2D eigenvalue weighted by Crippen LogP contribution is -2.03. The summed E-state index contributed by atoms with van der Waals surface area (Å²) in [6.45, 7) is 0. The van der Waals surface area contributed by atoms with Gasteiger partial charge in [-0.2, -0.15) is 0 Å². The number of aromatic nitrogens is 1. The third-order valence-electron chi connectivity index (χ3n) is 2.57. The van der Waals surface area contributed by atoms with Gasteiger partial charge in [-0.15, -0.1) is 0 Å². The lowest BCUT2D eigenvalue weighted by Gasteiger charge is -2.07. The number of carboxylic acid groups (broad SMARTS) is 1. The molecule has 2 aromatic rings. The number of aromatic carboxylic acids is 1. The first-order valence-electron chi connectivity index (χ1n) is 5.59. The maximum Gasteiger partial charge on any atom is 0.338 e. The van der Waals surface area contributed by atoms with Gasteiger partial charge in [-0.3, -0.25) is 10.1 Å². The Kier molecular flexibility index (Phi) is 3.65. The van der Waals surface area contributed by atoms with Crippen molar-refractivity contribution in [3.05, 3.63) is 51.8 Å². The fourth-order valence-corrected chi connectivity index (χ4v) is 1.61. The molecule has 0 fully saturated rings. The minimum absolute atomic E-state index is 0.167. The number of nitrogen functional groups attached to an aromatic ring is 1. The van der Waals surface area contributed by atoms with Gasteiger partial charge < -0.3 is 16.2 Å². The number of anilines is 3. The normalized spacial score (nSPS) is 10.1. The molecule has 0 saturated heterocycles. The van der Waals surface area contributed by atoms with E-state index in [9.17, 15) is 19.3 Å². The number of hydrogen-bond donors (Lipinski definition) is 3. The van der Waals surface area contributed by atoms with Crippen molar-refractivity contribution >= 4 is 29.0 Å². The summed E-state index contributed by atoms with van der Waals surface area (Å²) in [6.07, 6.45) is 0. The molecule has 1 aromatic heterocycles. The van der Waals surface area contributed by atoms with E-state index in [1.165, 1.54) is 12.1 Å². The molecule has 0 unspecified atom stereocenters. The first-order chi connectivity index (χ1) is 9.88. The van der Waals surface area contributed by atoms with Gasteiger partial charge in [0.1, 0.15) is 11.6 Å². The maximum absolute atomic E-state index is 13.5. The smallest absolute Gasteiger partial charge is 0.338 e. The molecule has 0 saturated carbocycles. The van der Waals surface area contributed by atoms with E-state index in [1.54, 1.807) is 0 Å². The van der Waals surface area contributed by atoms with Crippen LogP contribution in [0.1, 0.15) is 10.4 Å². The van der Waals surface area contributed by atoms with E-state index < -0.39 is 22.3 Å². The van der Waals surface area contributed by atoms with Gasteiger partial charge in [0, 0.05) is 11.8 Å². The molecular weight excluding hydrogens is 283 g/mol. The van der Waals surface area contributed by atoms with E-state index in [2.05, 4.69) is 10.3 Å². The highest BCUT2D eigenvalue weighted by Gasteiger charge is 2.14. The highest BCUT2D eigenvalue weighted by atomic mass is 19.1. The zero-order chi connectivity index (χ0) is 15.6. The molecule has 0 aliphatic carbocycles. The van der Waals surface area contributed by atoms with E-state index in [4.69, 9.17) is 10.8 Å². The first-order valence-corrected chi connectivity index (χ1v) is 5.59. The lowest BCUT2D eigenvalue weighted by molar-refractivity contribution is -0.384. The summed E-state index contributed by atoms with van der Waals surface area (Å²) in [5, 5.41) is 22.0. The van der Waals surface area contributed by atoms with Crippen LogP contribution < -0.4 is 11.1 Å². The molecule has 2 rings (SSSR count). The summed E-state index contributed by atoms with van der Waals surface area (Å²) in [6, 6.07) is 5.87. The average molecular weight is 292 g/mol. The van der Waals surface area contributed by atoms with Gasteiger partial charge in [0.15, 0.2) is 0 Å². The molecule has 1 aromatic carbocycles.